The quantitative estimate of drug-likeness (QED) is 0.937. The highest BCUT2D eigenvalue weighted by Crippen LogP contribution is 2.23. The van der Waals surface area contributed by atoms with E-state index in [9.17, 15) is 4.79 Å². The molecule has 1 amide bonds. The Hall–Kier alpha value is -1.95. The van der Waals surface area contributed by atoms with E-state index in [2.05, 4.69) is 10.1 Å². The zero-order valence-corrected chi connectivity index (χ0v) is 13.1. The van der Waals surface area contributed by atoms with Crippen molar-refractivity contribution in [2.24, 2.45) is 11.7 Å². The maximum absolute atomic E-state index is 12.7. The lowest BCUT2D eigenvalue weighted by Crippen LogP contribution is -2.45. The topological polar surface area (TPSA) is 85.2 Å². The van der Waals surface area contributed by atoms with E-state index in [4.69, 9.17) is 10.3 Å². The van der Waals surface area contributed by atoms with Crippen molar-refractivity contribution < 1.29 is 9.32 Å². The summed E-state index contributed by atoms with van der Waals surface area (Å²) in [4.78, 5) is 18.8. The van der Waals surface area contributed by atoms with Crippen LogP contribution in [-0.4, -0.2) is 40.1 Å². The van der Waals surface area contributed by atoms with Gasteiger partial charge >= 0.3 is 0 Å². The monoisotopic (exact) mass is 302 g/mol. The summed E-state index contributed by atoms with van der Waals surface area (Å²) in [6.45, 7) is 5.52. The summed E-state index contributed by atoms with van der Waals surface area (Å²) in [5.74, 6) is 0.388. The van der Waals surface area contributed by atoms with Crippen molar-refractivity contribution in [1.82, 2.24) is 15.0 Å². The molecule has 118 valence electrons. The number of hydrogen-bond acceptors (Lipinski definition) is 5. The van der Waals surface area contributed by atoms with Crippen molar-refractivity contribution in [2.45, 2.75) is 39.2 Å². The van der Waals surface area contributed by atoms with Crippen LogP contribution in [0, 0.1) is 5.92 Å². The minimum absolute atomic E-state index is 0.0167. The van der Waals surface area contributed by atoms with Crippen LogP contribution in [0.25, 0.3) is 11.1 Å². The molecular formula is C16H22N4O2. The number of rotatable bonds is 3. The van der Waals surface area contributed by atoms with Crippen LogP contribution in [0.3, 0.4) is 0 Å². The van der Waals surface area contributed by atoms with E-state index in [0.29, 0.717) is 17.2 Å². The maximum atomic E-state index is 12.7. The van der Waals surface area contributed by atoms with Gasteiger partial charge in [0.1, 0.15) is 0 Å². The van der Waals surface area contributed by atoms with Crippen molar-refractivity contribution in [1.29, 1.82) is 0 Å². The molecule has 2 atom stereocenters. The van der Waals surface area contributed by atoms with Crippen LogP contribution in [0.1, 0.15) is 42.7 Å². The van der Waals surface area contributed by atoms with E-state index in [1.165, 1.54) is 0 Å². The van der Waals surface area contributed by atoms with Crippen LogP contribution in [0.5, 0.6) is 0 Å². The highest BCUT2D eigenvalue weighted by atomic mass is 16.5. The number of piperidine rings is 1. The third kappa shape index (κ3) is 2.70. The van der Waals surface area contributed by atoms with Crippen molar-refractivity contribution in [2.75, 3.05) is 13.1 Å². The number of carbonyl (C=O) groups is 1. The van der Waals surface area contributed by atoms with Crippen LogP contribution in [0.15, 0.2) is 16.8 Å². The third-order valence-corrected chi connectivity index (χ3v) is 4.47. The average molecular weight is 302 g/mol. The lowest BCUT2D eigenvalue weighted by atomic mass is 9.92. The normalized spacial score (nSPS) is 20.3. The zero-order chi connectivity index (χ0) is 15.7. The first-order valence-corrected chi connectivity index (χ1v) is 7.89. The summed E-state index contributed by atoms with van der Waals surface area (Å²) in [7, 11) is 0. The van der Waals surface area contributed by atoms with Gasteiger partial charge in [0.15, 0.2) is 0 Å². The van der Waals surface area contributed by atoms with Gasteiger partial charge in [-0.1, -0.05) is 12.1 Å². The second-order valence-electron chi connectivity index (χ2n) is 6.07. The second-order valence-corrected chi connectivity index (χ2v) is 6.07. The van der Waals surface area contributed by atoms with Crippen LogP contribution >= 0.6 is 0 Å². The lowest BCUT2D eigenvalue weighted by Gasteiger charge is -2.34. The molecule has 1 saturated heterocycles. The molecule has 3 rings (SSSR count). The van der Waals surface area contributed by atoms with Crippen LogP contribution in [0.2, 0.25) is 0 Å². The summed E-state index contributed by atoms with van der Waals surface area (Å²) in [6, 6.07) is 1.95. The molecule has 1 aliphatic heterocycles. The molecule has 0 saturated carbocycles. The van der Waals surface area contributed by atoms with Gasteiger partial charge in [-0.3, -0.25) is 4.79 Å². The molecule has 0 spiro atoms. The molecule has 6 nitrogen and oxygen atoms in total. The van der Waals surface area contributed by atoms with Gasteiger partial charge in [-0.25, -0.2) is 4.98 Å². The predicted molar refractivity (Wildman–Crippen MR) is 83.5 cm³/mol. The fraction of sp³-hybridized carbons (Fsp3) is 0.562. The van der Waals surface area contributed by atoms with Gasteiger partial charge in [0, 0.05) is 25.3 Å². The summed E-state index contributed by atoms with van der Waals surface area (Å²) < 4.78 is 5.17. The zero-order valence-electron chi connectivity index (χ0n) is 13.1. The summed E-state index contributed by atoms with van der Waals surface area (Å²) in [6.07, 6.45) is 4.42. The molecule has 2 N–H and O–H groups in total. The Morgan fingerprint density at radius 2 is 2.41 bits per heavy atom. The Labute approximate surface area is 129 Å². The van der Waals surface area contributed by atoms with E-state index >= 15 is 0 Å². The number of hydrogen-bond donors (Lipinski definition) is 1. The Morgan fingerprint density at radius 3 is 3.14 bits per heavy atom. The number of fused-ring (bicyclic) bond motifs is 1. The first kappa shape index (κ1) is 15.0. The highest BCUT2D eigenvalue weighted by Gasteiger charge is 2.27. The number of likely N-dealkylation sites (tertiary alicyclic amines) is 1. The van der Waals surface area contributed by atoms with E-state index in [0.717, 1.165) is 43.4 Å². The molecule has 2 aromatic rings. The first-order valence-electron chi connectivity index (χ1n) is 7.89. The molecular weight excluding hydrogens is 280 g/mol. The maximum Gasteiger partial charge on any atom is 0.257 e. The van der Waals surface area contributed by atoms with E-state index in [1.807, 2.05) is 24.8 Å². The summed E-state index contributed by atoms with van der Waals surface area (Å²) >= 11 is 0. The molecule has 1 aliphatic rings. The van der Waals surface area contributed by atoms with Gasteiger partial charge < -0.3 is 15.2 Å². The Bertz CT molecular complexity index is 680. The number of nitrogens with zero attached hydrogens (tertiary/aromatic N) is 3. The Kier molecular flexibility index (Phi) is 4.11. The Morgan fingerprint density at radius 1 is 1.59 bits per heavy atom. The first-order chi connectivity index (χ1) is 10.6. The van der Waals surface area contributed by atoms with Crippen molar-refractivity contribution in [3.63, 3.8) is 0 Å². The van der Waals surface area contributed by atoms with E-state index in [1.54, 1.807) is 6.20 Å². The molecule has 6 heteroatoms. The minimum atomic E-state index is 0.0167. The molecule has 2 unspecified atom stereocenters. The average Bonchev–Trinajstić information content (AvgIpc) is 2.96. The molecule has 2 aromatic heterocycles. The van der Waals surface area contributed by atoms with E-state index in [-0.39, 0.29) is 11.9 Å². The molecule has 1 fully saturated rings. The van der Waals surface area contributed by atoms with Crippen molar-refractivity contribution in [3.05, 3.63) is 23.5 Å². The van der Waals surface area contributed by atoms with E-state index < -0.39 is 0 Å². The SMILES string of the molecule is CCc1noc2ncc(C(=O)N3CCCC(C(C)N)C3)cc12. The molecule has 22 heavy (non-hydrogen) atoms. The predicted octanol–water partition coefficient (Wildman–Crippen LogP) is 1.98. The molecule has 3 heterocycles. The fourth-order valence-corrected chi connectivity index (χ4v) is 3.06. The number of aryl methyl sites for hydroxylation is 1. The minimum Gasteiger partial charge on any atom is -0.338 e. The highest BCUT2D eigenvalue weighted by molar-refractivity contribution is 5.97. The smallest absolute Gasteiger partial charge is 0.257 e. The van der Waals surface area contributed by atoms with Gasteiger partial charge in [0.05, 0.1) is 16.6 Å². The third-order valence-electron chi connectivity index (χ3n) is 4.47. The summed E-state index contributed by atoms with van der Waals surface area (Å²) in [5, 5.41) is 4.81. The number of amides is 1. The molecule has 0 aromatic carbocycles. The molecule has 0 radical (unpaired) electrons. The second kappa shape index (κ2) is 6.04. The van der Waals surface area contributed by atoms with Crippen LogP contribution in [-0.2, 0) is 6.42 Å². The number of pyridine rings is 1. The fourth-order valence-electron chi connectivity index (χ4n) is 3.06. The van der Waals surface area contributed by atoms with Crippen molar-refractivity contribution in [3.8, 4) is 0 Å². The van der Waals surface area contributed by atoms with Crippen LogP contribution < -0.4 is 5.73 Å². The van der Waals surface area contributed by atoms with Gasteiger partial charge in [0.25, 0.3) is 11.6 Å². The number of nitrogens with two attached hydrogens (primary N) is 1. The Balaban J connectivity index is 1.85. The van der Waals surface area contributed by atoms with Crippen LogP contribution in [0.4, 0.5) is 0 Å². The largest absolute Gasteiger partial charge is 0.338 e. The summed E-state index contributed by atoms with van der Waals surface area (Å²) in [5.41, 5.74) is 7.91. The molecule has 0 aliphatic carbocycles. The molecule has 0 bridgehead atoms. The van der Waals surface area contributed by atoms with Gasteiger partial charge in [-0.2, -0.15) is 0 Å². The van der Waals surface area contributed by atoms with Crippen molar-refractivity contribution >= 4 is 17.0 Å². The number of carbonyl (C=O) groups excluding carboxylic acids is 1. The van der Waals surface area contributed by atoms with Gasteiger partial charge in [-0.05, 0) is 38.2 Å². The lowest BCUT2D eigenvalue weighted by molar-refractivity contribution is 0.0660. The number of aromatic nitrogens is 2. The van der Waals surface area contributed by atoms with Gasteiger partial charge in [-0.15, -0.1) is 0 Å². The standard InChI is InChI=1S/C16H22N4O2/c1-3-14-13-7-12(8-18-15(13)22-19-14)16(21)20-6-4-5-11(9-20)10(2)17/h7-8,10-11H,3-6,9,17H2,1-2H3. The van der Waals surface area contributed by atoms with Gasteiger partial charge in [0.2, 0.25) is 0 Å².